The molecule has 110 valence electrons. The minimum Gasteiger partial charge on any atom is -0.395 e. The van der Waals surface area contributed by atoms with E-state index in [2.05, 4.69) is 6.92 Å². The van der Waals surface area contributed by atoms with Crippen LogP contribution >= 0.6 is 0 Å². The molecule has 6 nitrogen and oxygen atoms in total. The standard InChI is InChI=1S/C13H24N2O4/c1-3-4-5-6-13(2)11(18)14(7-9-16)12(19)15(13)8-10-17/h16-17H,3-10H2,1-2H3. The van der Waals surface area contributed by atoms with E-state index in [-0.39, 0.29) is 32.2 Å². The molecule has 1 fully saturated rings. The van der Waals surface area contributed by atoms with Gasteiger partial charge in [0.15, 0.2) is 0 Å². The molecule has 1 aliphatic heterocycles. The van der Waals surface area contributed by atoms with Gasteiger partial charge in [-0.25, -0.2) is 4.79 Å². The van der Waals surface area contributed by atoms with Crippen LogP contribution in [-0.4, -0.2) is 63.8 Å². The van der Waals surface area contributed by atoms with Crippen LogP contribution in [0.2, 0.25) is 0 Å². The second-order valence-electron chi connectivity index (χ2n) is 5.07. The molecule has 1 atom stereocenters. The molecule has 19 heavy (non-hydrogen) atoms. The molecule has 0 aromatic heterocycles. The van der Waals surface area contributed by atoms with Crippen molar-refractivity contribution < 1.29 is 19.8 Å². The fourth-order valence-electron chi connectivity index (χ4n) is 2.55. The molecular formula is C13H24N2O4. The molecule has 3 amide bonds. The van der Waals surface area contributed by atoms with Gasteiger partial charge < -0.3 is 15.1 Å². The summed E-state index contributed by atoms with van der Waals surface area (Å²) in [6.45, 7) is 3.58. The Morgan fingerprint density at radius 2 is 1.74 bits per heavy atom. The molecule has 0 aromatic carbocycles. The molecule has 0 radical (unpaired) electrons. The van der Waals surface area contributed by atoms with E-state index in [1.807, 2.05) is 0 Å². The molecule has 0 aromatic rings. The number of aliphatic hydroxyl groups is 2. The maximum atomic E-state index is 12.4. The van der Waals surface area contributed by atoms with Crippen LogP contribution < -0.4 is 0 Å². The Morgan fingerprint density at radius 1 is 1.11 bits per heavy atom. The zero-order valence-electron chi connectivity index (χ0n) is 11.8. The molecule has 6 heteroatoms. The first-order valence-corrected chi connectivity index (χ1v) is 6.88. The molecule has 0 bridgehead atoms. The maximum Gasteiger partial charge on any atom is 0.327 e. The van der Waals surface area contributed by atoms with Gasteiger partial charge in [-0.15, -0.1) is 0 Å². The van der Waals surface area contributed by atoms with Crippen LogP contribution in [0.5, 0.6) is 0 Å². The third-order valence-electron chi connectivity index (χ3n) is 3.68. The summed E-state index contributed by atoms with van der Waals surface area (Å²) < 4.78 is 0. The summed E-state index contributed by atoms with van der Waals surface area (Å²) in [6.07, 6.45) is 3.50. The predicted octanol–water partition coefficient (Wildman–Crippen LogP) is 0.574. The van der Waals surface area contributed by atoms with Crippen molar-refractivity contribution in [2.75, 3.05) is 26.3 Å². The molecule has 1 aliphatic rings. The van der Waals surface area contributed by atoms with Gasteiger partial charge >= 0.3 is 6.03 Å². The van der Waals surface area contributed by atoms with E-state index in [1.54, 1.807) is 6.92 Å². The molecule has 0 saturated carbocycles. The third-order valence-corrected chi connectivity index (χ3v) is 3.68. The number of rotatable bonds is 8. The van der Waals surface area contributed by atoms with Crippen LogP contribution in [0.25, 0.3) is 0 Å². The fraction of sp³-hybridized carbons (Fsp3) is 0.846. The van der Waals surface area contributed by atoms with Gasteiger partial charge in [-0.05, 0) is 13.3 Å². The molecule has 1 heterocycles. The average Bonchev–Trinajstić information content (AvgIpc) is 2.55. The zero-order valence-corrected chi connectivity index (χ0v) is 11.8. The van der Waals surface area contributed by atoms with E-state index in [1.165, 1.54) is 4.90 Å². The number of unbranched alkanes of at least 4 members (excludes halogenated alkanes) is 2. The van der Waals surface area contributed by atoms with Crippen LogP contribution in [0.15, 0.2) is 0 Å². The van der Waals surface area contributed by atoms with Gasteiger partial charge in [-0.2, -0.15) is 0 Å². The normalized spacial score (nSPS) is 23.6. The summed E-state index contributed by atoms with van der Waals surface area (Å²) in [6, 6.07) is -0.410. The quantitative estimate of drug-likeness (QED) is 0.500. The van der Waals surface area contributed by atoms with E-state index < -0.39 is 11.6 Å². The van der Waals surface area contributed by atoms with Crippen LogP contribution in [0.4, 0.5) is 4.79 Å². The topological polar surface area (TPSA) is 81.1 Å². The number of amides is 3. The Labute approximate surface area is 114 Å². The van der Waals surface area contributed by atoms with E-state index in [0.29, 0.717) is 6.42 Å². The predicted molar refractivity (Wildman–Crippen MR) is 70.5 cm³/mol. The van der Waals surface area contributed by atoms with E-state index in [4.69, 9.17) is 10.2 Å². The van der Waals surface area contributed by atoms with Gasteiger partial charge in [-0.3, -0.25) is 9.69 Å². The molecular weight excluding hydrogens is 248 g/mol. The maximum absolute atomic E-state index is 12.4. The van der Waals surface area contributed by atoms with Crippen LogP contribution in [0.3, 0.4) is 0 Å². The van der Waals surface area contributed by atoms with Crippen LogP contribution in [-0.2, 0) is 4.79 Å². The van der Waals surface area contributed by atoms with Gasteiger partial charge in [0.25, 0.3) is 5.91 Å². The van der Waals surface area contributed by atoms with E-state index in [9.17, 15) is 9.59 Å². The lowest BCUT2D eigenvalue weighted by Crippen LogP contribution is -2.48. The van der Waals surface area contributed by atoms with Crippen molar-refractivity contribution in [2.24, 2.45) is 0 Å². The summed E-state index contributed by atoms with van der Waals surface area (Å²) in [7, 11) is 0. The second kappa shape index (κ2) is 6.86. The molecule has 0 spiro atoms. The lowest BCUT2D eigenvalue weighted by molar-refractivity contribution is -0.133. The van der Waals surface area contributed by atoms with E-state index in [0.717, 1.165) is 24.2 Å². The Bertz CT molecular complexity index is 335. The number of carbonyl (C=O) groups excluding carboxylic acids is 2. The molecule has 0 aliphatic carbocycles. The number of imide groups is 1. The monoisotopic (exact) mass is 272 g/mol. The molecule has 1 saturated heterocycles. The van der Waals surface area contributed by atoms with Crippen molar-refractivity contribution in [2.45, 2.75) is 45.1 Å². The van der Waals surface area contributed by atoms with Crippen molar-refractivity contribution in [3.8, 4) is 0 Å². The lowest BCUT2D eigenvalue weighted by Gasteiger charge is -2.31. The molecule has 1 unspecified atom stereocenters. The van der Waals surface area contributed by atoms with Gasteiger partial charge in [0.05, 0.1) is 19.8 Å². The first-order valence-electron chi connectivity index (χ1n) is 6.88. The largest absolute Gasteiger partial charge is 0.395 e. The summed E-state index contributed by atoms with van der Waals surface area (Å²) in [5.41, 5.74) is -0.885. The number of β-amino-alcohol motifs (C(OH)–C–C–N with tert-alkyl or cyclic N) is 2. The Kier molecular flexibility index (Phi) is 5.75. The zero-order chi connectivity index (χ0) is 14.5. The summed E-state index contributed by atoms with van der Waals surface area (Å²) in [5, 5.41) is 18.0. The van der Waals surface area contributed by atoms with Crippen molar-refractivity contribution >= 4 is 11.9 Å². The SMILES string of the molecule is CCCCCC1(C)C(=O)N(CCO)C(=O)N1CCO. The smallest absolute Gasteiger partial charge is 0.327 e. The van der Waals surface area contributed by atoms with E-state index >= 15 is 0 Å². The highest BCUT2D eigenvalue weighted by molar-refractivity contribution is 6.06. The number of urea groups is 1. The number of carbonyl (C=O) groups is 2. The van der Waals surface area contributed by atoms with Gasteiger partial charge in [0, 0.05) is 6.54 Å². The van der Waals surface area contributed by atoms with Gasteiger partial charge in [-0.1, -0.05) is 26.2 Å². The van der Waals surface area contributed by atoms with Crippen molar-refractivity contribution in [3.63, 3.8) is 0 Å². The number of hydrogen-bond donors (Lipinski definition) is 2. The van der Waals surface area contributed by atoms with Crippen molar-refractivity contribution in [1.82, 2.24) is 9.80 Å². The highest BCUT2D eigenvalue weighted by atomic mass is 16.3. The van der Waals surface area contributed by atoms with Crippen molar-refractivity contribution in [1.29, 1.82) is 0 Å². The minimum atomic E-state index is -0.885. The highest BCUT2D eigenvalue weighted by Crippen LogP contribution is 2.32. The first-order chi connectivity index (χ1) is 9.02. The average molecular weight is 272 g/mol. The second-order valence-corrected chi connectivity index (χ2v) is 5.07. The number of hydrogen-bond acceptors (Lipinski definition) is 4. The van der Waals surface area contributed by atoms with Crippen molar-refractivity contribution in [3.05, 3.63) is 0 Å². The summed E-state index contributed by atoms with van der Waals surface area (Å²) >= 11 is 0. The van der Waals surface area contributed by atoms with Gasteiger partial charge in [0.1, 0.15) is 5.54 Å². The van der Waals surface area contributed by atoms with Crippen LogP contribution in [0, 0.1) is 0 Å². The Balaban J connectivity index is 2.90. The number of nitrogens with zero attached hydrogens (tertiary/aromatic N) is 2. The Hall–Kier alpha value is -1.14. The third kappa shape index (κ3) is 3.06. The minimum absolute atomic E-state index is 0.0168. The van der Waals surface area contributed by atoms with Crippen LogP contribution in [0.1, 0.15) is 39.5 Å². The number of aliphatic hydroxyl groups excluding tert-OH is 2. The summed E-state index contributed by atoms with van der Waals surface area (Å²) in [4.78, 5) is 27.0. The molecule has 1 rings (SSSR count). The Morgan fingerprint density at radius 3 is 2.26 bits per heavy atom. The van der Waals surface area contributed by atoms with Gasteiger partial charge in [0.2, 0.25) is 0 Å². The summed E-state index contributed by atoms with van der Waals surface area (Å²) in [5.74, 6) is -0.267. The molecule has 2 N–H and O–H groups in total. The first kappa shape index (κ1) is 15.9. The highest BCUT2D eigenvalue weighted by Gasteiger charge is 2.52. The fourth-order valence-corrected chi connectivity index (χ4v) is 2.55. The lowest BCUT2D eigenvalue weighted by atomic mass is 9.92.